The summed E-state index contributed by atoms with van der Waals surface area (Å²) >= 11 is 0. The largest absolute Gasteiger partial charge is 0.416 e. The number of anilines is 1. The normalized spacial score (nSPS) is 11.2. The van der Waals surface area contributed by atoms with Crippen LogP contribution < -0.4 is 10.9 Å². The third kappa shape index (κ3) is 4.60. The number of nitrogens with one attached hydrogen (secondary N) is 2. The molecule has 2 aromatic carbocycles. The van der Waals surface area contributed by atoms with Gasteiger partial charge in [-0.2, -0.15) is 13.2 Å². The monoisotopic (exact) mass is 373 g/mol. The van der Waals surface area contributed by atoms with E-state index in [2.05, 4.69) is 15.3 Å². The Labute approximate surface area is 151 Å². The van der Waals surface area contributed by atoms with Crippen molar-refractivity contribution in [2.45, 2.75) is 12.6 Å². The van der Waals surface area contributed by atoms with Gasteiger partial charge in [-0.1, -0.05) is 30.3 Å². The molecule has 0 saturated heterocycles. The van der Waals surface area contributed by atoms with Crippen LogP contribution in [0.25, 0.3) is 0 Å². The summed E-state index contributed by atoms with van der Waals surface area (Å²) in [5, 5.41) is 2.55. The highest BCUT2D eigenvalue weighted by Crippen LogP contribution is 2.30. The third-order valence-electron chi connectivity index (χ3n) is 3.80. The smallest absolute Gasteiger partial charge is 0.326 e. The predicted molar refractivity (Wildman–Crippen MR) is 93.5 cm³/mol. The summed E-state index contributed by atoms with van der Waals surface area (Å²) in [7, 11) is 0. The zero-order chi connectivity index (χ0) is 19.4. The molecule has 27 heavy (non-hydrogen) atoms. The van der Waals surface area contributed by atoms with Crippen LogP contribution in [0.2, 0.25) is 0 Å². The first-order chi connectivity index (χ1) is 12.8. The van der Waals surface area contributed by atoms with Gasteiger partial charge in [0.15, 0.2) is 5.69 Å². The Kier molecular flexibility index (Phi) is 5.07. The lowest BCUT2D eigenvalue weighted by Gasteiger charge is -2.09. The zero-order valence-corrected chi connectivity index (χ0v) is 13.9. The molecule has 0 aliphatic rings. The molecular weight excluding hydrogens is 359 g/mol. The van der Waals surface area contributed by atoms with E-state index in [1.54, 1.807) is 30.3 Å². The van der Waals surface area contributed by atoms with Crippen LogP contribution in [-0.4, -0.2) is 15.9 Å². The van der Waals surface area contributed by atoms with E-state index in [0.717, 1.165) is 17.7 Å². The van der Waals surface area contributed by atoms with E-state index in [1.807, 2.05) is 0 Å². The van der Waals surface area contributed by atoms with E-state index < -0.39 is 23.2 Å². The third-order valence-corrected chi connectivity index (χ3v) is 3.80. The van der Waals surface area contributed by atoms with E-state index in [1.165, 1.54) is 18.5 Å². The molecule has 3 rings (SSSR count). The molecule has 0 saturated carbocycles. The maximum Gasteiger partial charge on any atom is 0.416 e. The van der Waals surface area contributed by atoms with E-state index in [0.29, 0.717) is 17.7 Å². The van der Waals surface area contributed by atoms with Crippen LogP contribution in [0.5, 0.6) is 0 Å². The molecule has 5 nitrogen and oxygen atoms in total. The number of aromatic amines is 1. The summed E-state index contributed by atoms with van der Waals surface area (Å²) in [6.07, 6.45) is -1.44. The second kappa shape index (κ2) is 7.45. The van der Waals surface area contributed by atoms with E-state index in [4.69, 9.17) is 0 Å². The average molecular weight is 373 g/mol. The van der Waals surface area contributed by atoms with Gasteiger partial charge in [-0.3, -0.25) is 9.59 Å². The lowest BCUT2D eigenvalue weighted by atomic mass is 10.0. The number of aromatic nitrogens is 2. The first-order valence-electron chi connectivity index (χ1n) is 7.93. The van der Waals surface area contributed by atoms with Gasteiger partial charge in [0.25, 0.3) is 11.5 Å². The number of amides is 1. The fourth-order valence-corrected chi connectivity index (χ4v) is 2.50. The van der Waals surface area contributed by atoms with E-state index in [9.17, 15) is 22.8 Å². The van der Waals surface area contributed by atoms with Crippen LogP contribution in [0.4, 0.5) is 18.9 Å². The van der Waals surface area contributed by atoms with Crippen LogP contribution in [0.1, 0.15) is 27.2 Å². The van der Waals surface area contributed by atoms with Crippen molar-refractivity contribution in [3.63, 3.8) is 0 Å². The molecule has 1 aromatic heterocycles. The molecule has 0 fully saturated rings. The topological polar surface area (TPSA) is 74.8 Å². The summed E-state index contributed by atoms with van der Waals surface area (Å²) in [5.41, 5.74) is 0.202. The number of hydrogen-bond acceptors (Lipinski definition) is 3. The molecule has 0 bridgehead atoms. The molecule has 8 heteroatoms. The van der Waals surface area contributed by atoms with Crippen LogP contribution in [0, 0.1) is 0 Å². The fraction of sp³-hybridized carbons (Fsp3) is 0.105. The minimum Gasteiger partial charge on any atom is -0.326 e. The Balaban J connectivity index is 1.70. The van der Waals surface area contributed by atoms with Gasteiger partial charge in [-0.25, -0.2) is 4.98 Å². The molecule has 0 unspecified atom stereocenters. The number of rotatable bonds is 4. The Bertz CT molecular complexity index is 1010. The number of carbonyl (C=O) groups excluding carboxylic acids is 1. The van der Waals surface area contributed by atoms with Gasteiger partial charge in [0.2, 0.25) is 0 Å². The van der Waals surface area contributed by atoms with Gasteiger partial charge in [0.05, 0.1) is 5.56 Å². The number of nitrogens with zero attached hydrogens (tertiary/aromatic N) is 1. The second-order valence-electron chi connectivity index (χ2n) is 5.79. The first kappa shape index (κ1) is 18.4. The van der Waals surface area contributed by atoms with Crippen molar-refractivity contribution < 1.29 is 18.0 Å². The van der Waals surface area contributed by atoms with Gasteiger partial charge in [-0.15, -0.1) is 0 Å². The summed E-state index contributed by atoms with van der Waals surface area (Å²) in [6, 6.07) is 11.7. The van der Waals surface area contributed by atoms with Crippen molar-refractivity contribution in [1.29, 1.82) is 0 Å². The molecular formula is C19H14F3N3O2. The van der Waals surface area contributed by atoms with Gasteiger partial charge >= 0.3 is 6.18 Å². The minimum atomic E-state index is -4.38. The van der Waals surface area contributed by atoms with Crippen molar-refractivity contribution in [3.05, 3.63) is 93.7 Å². The van der Waals surface area contributed by atoms with Crippen LogP contribution in [0.15, 0.2) is 65.7 Å². The predicted octanol–water partition coefficient (Wildman–Crippen LogP) is 3.63. The summed E-state index contributed by atoms with van der Waals surface area (Å²) in [5.74, 6) is -0.650. The number of halogens is 3. The molecule has 0 radical (unpaired) electrons. The Hall–Kier alpha value is -3.42. The average Bonchev–Trinajstić information content (AvgIpc) is 2.63. The van der Waals surface area contributed by atoms with Crippen molar-refractivity contribution in [3.8, 4) is 0 Å². The molecule has 0 spiro atoms. The number of hydrogen-bond donors (Lipinski definition) is 2. The maximum atomic E-state index is 12.8. The number of benzene rings is 2. The SMILES string of the molecule is O=C(Nc1ccc(Cc2cccc(C(F)(F)F)c2)cc1)c1ncc[nH]c1=O. The van der Waals surface area contributed by atoms with Crippen molar-refractivity contribution >= 4 is 11.6 Å². The number of H-pyrrole nitrogens is 1. The van der Waals surface area contributed by atoms with Gasteiger partial charge < -0.3 is 10.3 Å². The van der Waals surface area contributed by atoms with Gasteiger partial charge in [0, 0.05) is 18.1 Å². The van der Waals surface area contributed by atoms with Crippen molar-refractivity contribution in [1.82, 2.24) is 9.97 Å². The van der Waals surface area contributed by atoms with E-state index >= 15 is 0 Å². The zero-order valence-electron chi connectivity index (χ0n) is 13.9. The Morgan fingerprint density at radius 1 is 1.07 bits per heavy atom. The molecule has 0 atom stereocenters. The van der Waals surface area contributed by atoms with Gasteiger partial charge in [-0.05, 0) is 35.7 Å². The number of carbonyl (C=O) groups is 1. The lowest BCUT2D eigenvalue weighted by molar-refractivity contribution is -0.137. The highest BCUT2D eigenvalue weighted by atomic mass is 19.4. The molecule has 1 heterocycles. The van der Waals surface area contributed by atoms with Crippen molar-refractivity contribution in [2.24, 2.45) is 0 Å². The number of alkyl halides is 3. The molecule has 0 aliphatic heterocycles. The molecule has 1 amide bonds. The Morgan fingerprint density at radius 3 is 2.48 bits per heavy atom. The highest BCUT2D eigenvalue weighted by molar-refractivity contribution is 6.02. The van der Waals surface area contributed by atoms with E-state index in [-0.39, 0.29) is 5.69 Å². The Morgan fingerprint density at radius 2 is 1.81 bits per heavy atom. The second-order valence-corrected chi connectivity index (χ2v) is 5.79. The molecule has 2 N–H and O–H groups in total. The lowest BCUT2D eigenvalue weighted by Crippen LogP contribution is -2.24. The maximum absolute atomic E-state index is 12.8. The minimum absolute atomic E-state index is 0.259. The molecule has 138 valence electrons. The summed E-state index contributed by atoms with van der Waals surface area (Å²) in [4.78, 5) is 29.7. The van der Waals surface area contributed by atoms with Crippen molar-refractivity contribution in [2.75, 3.05) is 5.32 Å². The molecule has 3 aromatic rings. The fourth-order valence-electron chi connectivity index (χ4n) is 2.50. The quantitative estimate of drug-likeness (QED) is 0.733. The summed E-state index contributed by atoms with van der Waals surface area (Å²) < 4.78 is 38.3. The standard InChI is InChI=1S/C19H14F3N3O2/c20-19(21,22)14-3-1-2-13(11-14)10-12-4-6-15(7-5-12)25-18(27)16-17(26)24-9-8-23-16/h1-9,11H,10H2,(H,24,26)(H,25,27). The highest BCUT2D eigenvalue weighted by Gasteiger charge is 2.30. The van der Waals surface area contributed by atoms with Gasteiger partial charge in [0.1, 0.15) is 0 Å². The summed E-state index contributed by atoms with van der Waals surface area (Å²) in [6.45, 7) is 0. The van der Waals surface area contributed by atoms with Crippen LogP contribution in [0.3, 0.4) is 0 Å². The first-order valence-corrected chi connectivity index (χ1v) is 7.93. The van der Waals surface area contributed by atoms with Crippen LogP contribution in [-0.2, 0) is 12.6 Å². The van der Waals surface area contributed by atoms with Crippen LogP contribution >= 0.6 is 0 Å². The molecule has 0 aliphatic carbocycles.